The fourth-order valence-corrected chi connectivity index (χ4v) is 3.98. The average Bonchev–Trinajstić information content (AvgIpc) is 3.06. The van der Waals surface area contributed by atoms with Gasteiger partial charge in [0, 0.05) is 0 Å². The molecule has 126 valence electrons. The summed E-state index contributed by atoms with van der Waals surface area (Å²) in [6.45, 7) is 15.7. The molecule has 2 aliphatic rings. The maximum atomic E-state index is 4.33. The van der Waals surface area contributed by atoms with Gasteiger partial charge in [-0.1, -0.05) is 68.8 Å². The van der Waals surface area contributed by atoms with Gasteiger partial charge in [-0.25, -0.2) is 0 Å². The third kappa shape index (κ3) is 3.20. The van der Waals surface area contributed by atoms with Crippen LogP contribution in [0.1, 0.15) is 71.4 Å². The number of rotatable bonds is 2. The van der Waals surface area contributed by atoms with E-state index in [-0.39, 0.29) is 5.41 Å². The second-order valence-electron chi connectivity index (χ2n) is 8.49. The molecule has 1 aromatic carbocycles. The molecule has 0 aromatic heterocycles. The summed E-state index contributed by atoms with van der Waals surface area (Å²) in [6, 6.07) is 9.25. The predicted molar refractivity (Wildman–Crippen MR) is 106 cm³/mol. The van der Waals surface area contributed by atoms with E-state index in [1.54, 1.807) is 11.1 Å². The molecule has 24 heavy (non-hydrogen) atoms. The van der Waals surface area contributed by atoms with Crippen LogP contribution in [0.4, 0.5) is 0 Å². The van der Waals surface area contributed by atoms with Gasteiger partial charge in [0.05, 0.1) is 0 Å². The second-order valence-corrected chi connectivity index (χ2v) is 8.49. The van der Waals surface area contributed by atoms with Gasteiger partial charge in [-0.15, -0.1) is 0 Å². The van der Waals surface area contributed by atoms with E-state index in [4.69, 9.17) is 0 Å². The summed E-state index contributed by atoms with van der Waals surface area (Å²) in [5, 5.41) is 0. The summed E-state index contributed by atoms with van der Waals surface area (Å²) < 4.78 is 0. The number of hydrogen-bond acceptors (Lipinski definition) is 0. The van der Waals surface area contributed by atoms with Crippen molar-refractivity contribution in [2.75, 3.05) is 0 Å². The van der Waals surface area contributed by atoms with Crippen molar-refractivity contribution in [2.45, 2.75) is 65.7 Å². The molecule has 0 nitrogen and oxygen atoms in total. The molecule has 2 aliphatic carbocycles. The Kier molecular flexibility index (Phi) is 4.42. The Bertz CT molecular complexity index is 755. The zero-order chi connectivity index (χ0) is 17.5. The Hall–Kier alpha value is -1.82. The lowest BCUT2D eigenvalue weighted by atomic mass is 9.84. The lowest BCUT2D eigenvalue weighted by molar-refractivity contribution is 0.590. The van der Waals surface area contributed by atoms with Crippen LogP contribution in [0, 0.1) is 0 Å². The predicted octanol–water partition coefficient (Wildman–Crippen LogP) is 7.14. The monoisotopic (exact) mass is 318 g/mol. The molecule has 0 bridgehead atoms. The van der Waals surface area contributed by atoms with Crippen LogP contribution in [0.15, 0.2) is 64.8 Å². The van der Waals surface area contributed by atoms with Crippen molar-refractivity contribution in [3.63, 3.8) is 0 Å². The maximum absolute atomic E-state index is 4.33. The smallest absolute Gasteiger partial charge is 0.00546 e. The number of allylic oxidation sites excluding steroid dienone is 7. The van der Waals surface area contributed by atoms with E-state index < -0.39 is 0 Å². The van der Waals surface area contributed by atoms with Crippen LogP contribution in [-0.4, -0.2) is 0 Å². The van der Waals surface area contributed by atoms with Crippen LogP contribution in [0.5, 0.6) is 0 Å². The molecule has 0 N–H and O–H groups in total. The van der Waals surface area contributed by atoms with Gasteiger partial charge in [0.2, 0.25) is 0 Å². The molecule has 0 amide bonds. The van der Waals surface area contributed by atoms with Crippen LogP contribution in [-0.2, 0) is 5.41 Å². The van der Waals surface area contributed by atoms with Gasteiger partial charge in [-0.2, -0.15) is 0 Å². The lowest BCUT2D eigenvalue weighted by Gasteiger charge is -2.21. The van der Waals surface area contributed by atoms with Gasteiger partial charge in [-0.3, -0.25) is 0 Å². The first-order chi connectivity index (χ1) is 11.3. The van der Waals surface area contributed by atoms with Crippen LogP contribution >= 0.6 is 0 Å². The molecule has 0 saturated carbocycles. The summed E-state index contributed by atoms with van der Waals surface area (Å²) in [5.74, 6) is 0. The third-order valence-corrected chi connectivity index (χ3v) is 5.40. The van der Waals surface area contributed by atoms with E-state index in [1.165, 1.54) is 52.7 Å². The minimum atomic E-state index is 0.198. The largest absolute Gasteiger partial charge is 0.0915 e. The first kappa shape index (κ1) is 17.0. The molecule has 3 rings (SSSR count). The van der Waals surface area contributed by atoms with E-state index in [9.17, 15) is 0 Å². The molecular weight excluding hydrogens is 288 g/mol. The average molecular weight is 319 g/mol. The van der Waals surface area contributed by atoms with Gasteiger partial charge in [-0.05, 0) is 78.4 Å². The highest BCUT2D eigenvalue weighted by atomic mass is 14.3. The molecule has 0 unspecified atom stereocenters. The fraction of sp³-hybridized carbons (Fsp3) is 0.417. The first-order valence-corrected chi connectivity index (χ1v) is 9.17. The van der Waals surface area contributed by atoms with Gasteiger partial charge in [0.1, 0.15) is 0 Å². The Morgan fingerprint density at radius 1 is 1.00 bits per heavy atom. The molecule has 0 radical (unpaired) electrons. The minimum Gasteiger partial charge on any atom is -0.0915 e. The standard InChI is InChI=1S/C24H30/c1-16-14-18(3)22(15-16)23(21-9-7-8-17(21)2)19-10-12-20(13-11-19)24(4,5)6/h10-14H,3,7-9,15H2,1-2,4-6H3/b23-22-. The molecule has 0 heterocycles. The Labute approximate surface area is 147 Å². The van der Waals surface area contributed by atoms with E-state index in [0.717, 1.165) is 6.42 Å². The summed E-state index contributed by atoms with van der Waals surface area (Å²) in [7, 11) is 0. The van der Waals surface area contributed by atoms with Crippen LogP contribution in [0.2, 0.25) is 0 Å². The summed E-state index contributed by atoms with van der Waals surface area (Å²) >= 11 is 0. The quantitative estimate of drug-likeness (QED) is 0.543. The third-order valence-electron chi connectivity index (χ3n) is 5.40. The molecule has 0 atom stereocenters. The van der Waals surface area contributed by atoms with E-state index >= 15 is 0 Å². The molecular formula is C24H30. The summed E-state index contributed by atoms with van der Waals surface area (Å²) in [5.41, 5.74) is 11.6. The van der Waals surface area contributed by atoms with E-state index in [0.29, 0.717) is 0 Å². The highest BCUT2D eigenvalue weighted by Gasteiger charge is 2.23. The maximum Gasteiger partial charge on any atom is -0.00546 e. The minimum absolute atomic E-state index is 0.198. The summed E-state index contributed by atoms with van der Waals surface area (Å²) in [6.07, 6.45) is 7.04. The van der Waals surface area contributed by atoms with Gasteiger partial charge < -0.3 is 0 Å². The van der Waals surface area contributed by atoms with Crippen molar-refractivity contribution in [3.8, 4) is 0 Å². The Morgan fingerprint density at radius 2 is 1.67 bits per heavy atom. The van der Waals surface area contributed by atoms with Crippen LogP contribution < -0.4 is 0 Å². The lowest BCUT2D eigenvalue weighted by Crippen LogP contribution is -2.10. The van der Waals surface area contributed by atoms with Crippen molar-refractivity contribution >= 4 is 5.57 Å². The van der Waals surface area contributed by atoms with Crippen LogP contribution in [0.3, 0.4) is 0 Å². The normalized spacial score (nSPS) is 20.7. The van der Waals surface area contributed by atoms with Crippen molar-refractivity contribution in [2.24, 2.45) is 0 Å². The SMILES string of the molecule is C=C1C=C(C)C/C1=C(/C1=C(C)CCC1)c1ccc(C(C)(C)C)cc1. The zero-order valence-corrected chi connectivity index (χ0v) is 15.9. The number of benzene rings is 1. The summed E-state index contributed by atoms with van der Waals surface area (Å²) in [4.78, 5) is 0. The molecule has 0 aliphatic heterocycles. The highest BCUT2D eigenvalue weighted by Crippen LogP contribution is 2.43. The van der Waals surface area contributed by atoms with Crippen molar-refractivity contribution < 1.29 is 0 Å². The van der Waals surface area contributed by atoms with Gasteiger partial charge >= 0.3 is 0 Å². The highest BCUT2D eigenvalue weighted by molar-refractivity contribution is 5.87. The molecule has 0 spiro atoms. The molecule has 0 heteroatoms. The van der Waals surface area contributed by atoms with Crippen LogP contribution in [0.25, 0.3) is 5.57 Å². The second kappa shape index (κ2) is 6.24. The van der Waals surface area contributed by atoms with E-state index in [2.05, 4.69) is 71.5 Å². The Balaban J connectivity index is 2.12. The topological polar surface area (TPSA) is 0 Å². The van der Waals surface area contributed by atoms with E-state index in [1.807, 2.05) is 0 Å². The molecule has 0 saturated heterocycles. The number of hydrogen-bond donors (Lipinski definition) is 0. The van der Waals surface area contributed by atoms with Crippen molar-refractivity contribution in [1.29, 1.82) is 0 Å². The van der Waals surface area contributed by atoms with Crippen molar-refractivity contribution in [3.05, 3.63) is 75.9 Å². The fourth-order valence-electron chi connectivity index (χ4n) is 3.98. The Morgan fingerprint density at radius 3 is 2.12 bits per heavy atom. The molecule has 0 fully saturated rings. The van der Waals surface area contributed by atoms with Gasteiger partial charge in [0.25, 0.3) is 0 Å². The van der Waals surface area contributed by atoms with Gasteiger partial charge in [0.15, 0.2) is 0 Å². The first-order valence-electron chi connectivity index (χ1n) is 9.17. The zero-order valence-electron chi connectivity index (χ0n) is 15.9. The molecule has 1 aromatic rings. The van der Waals surface area contributed by atoms with Crippen molar-refractivity contribution in [1.82, 2.24) is 0 Å².